The van der Waals surface area contributed by atoms with Crippen molar-refractivity contribution in [2.45, 2.75) is 46.3 Å². The van der Waals surface area contributed by atoms with Crippen LogP contribution < -0.4 is 0 Å². The molecule has 0 fully saturated rings. The molecule has 134 valence electrons. The van der Waals surface area contributed by atoms with Gasteiger partial charge < -0.3 is 14.3 Å². The summed E-state index contributed by atoms with van der Waals surface area (Å²) in [6, 6.07) is 0. The van der Waals surface area contributed by atoms with Crippen LogP contribution in [0.3, 0.4) is 0 Å². The van der Waals surface area contributed by atoms with Crippen LogP contribution in [0.4, 0.5) is 0 Å². The Morgan fingerprint density at radius 3 is 2.60 bits per heavy atom. The van der Waals surface area contributed by atoms with Crippen molar-refractivity contribution in [3.63, 3.8) is 0 Å². The van der Waals surface area contributed by atoms with E-state index in [4.69, 9.17) is 9.15 Å². The average Bonchev–Trinajstić information content (AvgIpc) is 2.93. The van der Waals surface area contributed by atoms with E-state index in [1.54, 1.807) is 40.7 Å². The van der Waals surface area contributed by atoms with Gasteiger partial charge in [-0.2, -0.15) is 0 Å². The number of rotatable bonds is 2. The third-order valence-corrected chi connectivity index (χ3v) is 5.69. The number of aliphatic hydroxyl groups is 1. The number of furan rings is 1. The molecule has 0 saturated heterocycles. The molecule has 0 radical (unpaired) electrons. The van der Waals surface area contributed by atoms with Crippen LogP contribution in [-0.2, 0) is 14.3 Å². The number of hydrogen-bond acceptors (Lipinski definition) is 6. The summed E-state index contributed by atoms with van der Waals surface area (Å²) in [4.78, 5) is 37.8. The minimum absolute atomic E-state index is 0.116. The molecule has 0 aliphatic heterocycles. The van der Waals surface area contributed by atoms with Crippen molar-refractivity contribution < 1.29 is 28.6 Å². The lowest BCUT2D eigenvalue weighted by atomic mass is 9.52. The maximum absolute atomic E-state index is 13.0. The smallest absolute Gasteiger partial charge is 0.309 e. The molecule has 25 heavy (non-hydrogen) atoms. The second-order valence-electron chi connectivity index (χ2n) is 7.47. The Morgan fingerprint density at radius 1 is 1.36 bits per heavy atom. The molecule has 2 aliphatic carbocycles. The van der Waals surface area contributed by atoms with E-state index in [0.717, 1.165) is 0 Å². The number of allylic oxidation sites excluding steroid dienone is 1. The fourth-order valence-corrected chi connectivity index (χ4v) is 3.78. The minimum Gasteiger partial charge on any atom is -0.460 e. The number of fused-ring (bicyclic) bond motifs is 2. The van der Waals surface area contributed by atoms with E-state index in [0.29, 0.717) is 11.1 Å². The zero-order valence-corrected chi connectivity index (χ0v) is 15.0. The van der Waals surface area contributed by atoms with E-state index in [9.17, 15) is 19.5 Å². The number of carbonyl (C=O) groups is 3. The average molecular weight is 346 g/mol. The Balaban J connectivity index is 2.29. The SMILES string of the molecule is Cc1coc2c1C(OC(=O)C(C)C)C1(C)C(C)C=CC(=O)C1(O)C2=O. The Labute approximate surface area is 145 Å². The summed E-state index contributed by atoms with van der Waals surface area (Å²) >= 11 is 0. The highest BCUT2D eigenvalue weighted by molar-refractivity contribution is 6.22. The molecule has 1 aromatic rings. The molecule has 0 aromatic carbocycles. The van der Waals surface area contributed by atoms with Crippen LogP contribution in [0.1, 0.15) is 55.5 Å². The van der Waals surface area contributed by atoms with Crippen LogP contribution in [0.5, 0.6) is 0 Å². The van der Waals surface area contributed by atoms with Crippen molar-refractivity contribution in [1.82, 2.24) is 0 Å². The van der Waals surface area contributed by atoms with Gasteiger partial charge in [0.05, 0.1) is 17.6 Å². The quantitative estimate of drug-likeness (QED) is 0.653. The predicted octanol–water partition coefficient (Wildman–Crippen LogP) is 2.54. The number of ketones is 2. The van der Waals surface area contributed by atoms with Crippen LogP contribution in [0.2, 0.25) is 0 Å². The number of Topliss-reactive ketones (excluding diaryl/α,β-unsaturated/α-hetero) is 1. The van der Waals surface area contributed by atoms with Crippen molar-refractivity contribution in [3.05, 3.63) is 35.3 Å². The first-order valence-electron chi connectivity index (χ1n) is 8.35. The first kappa shape index (κ1) is 17.6. The summed E-state index contributed by atoms with van der Waals surface area (Å²) in [6.45, 7) is 8.54. The molecule has 3 rings (SSSR count). The lowest BCUT2D eigenvalue weighted by Crippen LogP contribution is -2.66. The summed E-state index contributed by atoms with van der Waals surface area (Å²) in [6.07, 6.45) is 3.26. The van der Waals surface area contributed by atoms with Gasteiger partial charge in [0.25, 0.3) is 0 Å². The minimum atomic E-state index is -2.33. The van der Waals surface area contributed by atoms with Crippen LogP contribution >= 0.6 is 0 Å². The molecule has 0 saturated carbocycles. The molecule has 6 nitrogen and oxygen atoms in total. The van der Waals surface area contributed by atoms with Gasteiger partial charge in [0, 0.05) is 5.56 Å². The fraction of sp³-hybridized carbons (Fsp3) is 0.526. The number of hydrogen-bond donors (Lipinski definition) is 1. The predicted molar refractivity (Wildman–Crippen MR) is 87.8 cm³/mol. The maximum atomic E-state index is 13.0. The summed E-state index contributed by atoms with van der Waals surface area (Å²) in [5, 5.41) is 11.2. The van der Waals surface area contributed by atoms with E-state index >= 15 is 0 Å². The highest BCUT2D eigenvalue weighted by atomic mass is 16.5. The van der Waals surface area contributed by atoms with E-state index < -0.39 is 40.6 Å². The molecule has 1 N–H and O–H groups in total. The Morgan fingerprint density at radius 2 is 2.00 bits per heavy atom. The molecule has 0 amide bonds. The molecule has 4 atom stereocenters. The molecule has 6 heteroatoms. The van der Waals surface area contributed by atoms with Gasteiger partial charge in [0.2, 0.25) is 11.4 Å². The maximum Gasteiger partial charge on any atom is 0.309 e. The Bertz CT molecular complexity index is 801. The highest BCUT2D eigenvalue weighted by Gasteiger charge is 2.69. The molecule has 1 aromatic heterocycles. The third-order valence-electron chi connectivity index (χ3n) is 5.69. The van der Waals surface area contributed by atoms with E-state index in [1.807, 2.05) is 0 Å². The molecule has 2 aliphatic rings. The van der Waals surface area contributed by atoms with Crippen molar-refractivity contribution >= 4 is 17.5 Å². The normalized spacial score (nSPS) is 34.0. The number of carbonyl (C=O) groups excluding carboxylic acids is 3. The van der Waals surface area contributed by atoms with E-state index in [1.165, 1.54) is 12.3 Å². The molecular weight excluding hydrogens is 324 g/mol. The summed E-state index contributed by atoms with van der Waals surface area (Å²) < 4.78 is 11.1. The van der Waals surface area contributed by atoms with Crippen LogP contribution in [-0.4, -0.2) is 28.2 Å². The third kappa shape index (κ3) is 2.03. The molecule has 1 heterocycles. The summed E-state index contributed by atoms with van der Waals surface area (Å²) in [5.41, 5.74) is -2.59. The number of aryl methyl sites for hydroxylation is 1. The lowest BCUT2D eigenvalue weighted by Gasteiger charge is -2.53. The van der Waals surface area contributed by atoms with Crippen molar-refractivity contribution in [2.24, 2.45) is 17.3 Å². The monoisotopic (exact) mass is 346 g/mol. The van der Waals surface area contributed by atoms with Gasteiger partial charge in [-0.3, -0.25) is 14.4 Å². The van der Waals surface area contributed by atoms with Gasteiger partial charge in [-0.25, -0.2) is 0 Å². The van der Waals surface area contributed by atoms with Gasteiger partial charge in [-0.05, 0) is 24.5 Å². The first-order chi connectivity index (χ1) is 11.6. The summed E-state index contributed by atoms with van der Waals surface area (Å²) in [7, 11) is 0. The lowest BCUT2D eigenvalue weighted by molar-refractivity contribution is -0.187. The second-order valence-corrected chi connectivity index (χ2v) is 7.47. The highest BCUT2D eigenvalue weighted by Crippen LogP contribution is 2.59. The van der Waals surface area contributed by atoms with Gasteiger partial charge in [-0.1, -0.05) is 33.8 Å². The fourth-order valence-electron chi connectivity index (χ4n) is 3.78. The van der Waals surface area contributed by atoms with Gasteiger partial charge in [0.1, 0.15) is 6.10 Å². The van der Waals surface area contributed by atoms with Crippen molar-refractivity contribution in [2.75, 3.05) is 0 Å². The number of ether oxygens (including phenoxy) is 1. The van der Waals surface area contributed by atoms with Gasteiger partial charge >= 0.3 is 5.97 Å². The first-order valence-corrected chi connectivity index (χ1v) is 8.35. The van der Waals surface area contributed by atoms with E-state index in [2.05, 4.69) is 0 Å². The largest absolute Gasteiger partial charge is 0.460 e. The van der Waals surface area contributed by atoms with Crippen LogP contribution in [0.25, 0.3) is 0 Å². The van der Waals surface area contributed by atoms with Crippen LogP contribution in [0, 0.1) is 24.2 Å². The summed E-state index contributed by atoms with van der Waals surface area (Å²) in [5.74, 6) is -2.86. The molecule has 4 unspecified atom stereocenters. The molecule has 0 bridgehead atoms. The zero-order valence-electron chi connectivity index (χ0n) is 15.0. The van der Waals surface area contributed by atoms with Crippen molar-refractivity contribution in [3.8, 4) is 0 Å². The topological polar surface area (TPSA) is 93.8 Å². The Kier molecular flexibility index (Phi) is 3.80. The van der Waals surface area contributed by atoms with Gasteiger partial charge in [-0.15, -0.1) is 0 Å². The number of esters is 1. The van der Waals surface area contributed by atoms with Crippen LogP contribution in [0.15, 0.2) is 22.8 Å². The molecule has 0 spiro atoms. The van der Waals surface area contributed by atoms with Gasteiger partial charge in [0.15, 0.2) is 11.5 Å². The molecular formula is C19H22O6. The Hall–Kier alpha value is -2.21. The van der Waals surface area contributed by atoms with E-state index in [-0.39, 0.29) is 11.7 Å². The van der Waals surface area contributed by atoms with Crippen molar-refractivity contribution in [1.29, 1.82) is 0 Å². The second kappa shape index (κ2) is 5.39. The standard InChI is InChI=1S/C19H22O6/c1-9(2)17(22)25-16-13-10(3)8-24-14(13)15(21)19(23)12(20)7-6-11(4)18(16,19)5/h6-9,11,16,23H,1-5H3. The zero-order chi connectivity index (χ0) is 18.7.